The standard InChI is InChI=1S/C17H20N2O4S3/c20-14(15-3-1-11-24-15)5-6-16(21)19-9-7-13(8-10-19)18-26(22,23)17-4-2-12-25-17/h1-4,11-13,18H,5-10H2. The van der Waals surface area contributed by atoms with Crippen LogP contribution in [0.5, 0.6) is 0 Å². The van der Waals surface area contributed by atoms with Crippen molar-refractivity contribution in [2.24, 2.45) is 0 Å². The number of thiophene rings is 2. The van der Waals surface area contributed by atoms with Crippen LogP contribution in [0, 0.1) is 0 Å². The number of ketones is 1. The van der Waals surface area contributed by atoms with Gasteiger partial charge in [-0.1, -0.05) is 12.1 Å². The number of hydrogen-bond acceptors (Lipinski definition) is 6. The Hall–Kier alpha value is -1.55. The molecule has 0 unspecified atom stereocenters. The summed E-state index contributed by atoms with van der Waals surface area (Å²) in [6.07, 6.45) is 1.57. The SMILES string of the molecule is O=C(CCC(=O)N1CCC(NS(=O)(=O)c2cccs2)CC1)c1cccs1. The lowest BCUT2D eigenvalue weighted by Crippen LogP contribution is -2.46. The van der Waals surface area contributed by atoms with Gasteiger partial charge in [0.2, 0.25) is 15.9 Å². The van der Waals surface area contributed by atoms with Crippen LogP contribution in [-0.2, 0) is 14.8 Å². The maximum atomic E-state index is 12.3. The second-order valence-corrected chi connectivity index (χ2v) is 9.95. The Morgan fingerprint density at radius 3 is 2.38 bits per heavy atom. The summed E-state index contributed by atoms with van der Waals surface area (Å²) in [7, 11) is -3.48. The van der Waals surface area contributed by atoms with Crippen LogP contribution in [0.1, 0.15) is 35.4 Å². The first-order valence-electron chi connectivity index (χ1n) is 8.36. The van der Waals surface area contributed by atoms with Gasteiger partial charge in [0.05, 0.1) is 4.88 Å². The van der Waals surface area contributed by atoms with Crippen LogP contribution < -0.4 is 4.72 Å². The van der Waals surface area contributed by atoms with Crippen LogP contribution in [0.25, 0.3) is 0 Å². The number of carbonyl (C=O) groups is 2. The zero-order valence-corrected chi connectivity index (χ0v) is 16.5. The van der Waals surface area contributed by atoms with Gasteiger partial charge in [-0.05, 0) is 35.7 Å². The van der Waals surface area contributed by atoms with E-state index in [1.165, 1.54) is 22.7 Å². The third-order valence-electron chi connectivity index (χ3n) is 4.29. The fraction of sp³-hybridized carbons (Fsp3) is 0.412. The fourth-order valence-corrected chi connectivity index (χ4v) is 5.89. The highest BCUT2D eigenvalue weighted by atomic mass is 32.2. The topological polar surface area (TPSA) is 83.6 Å². The molecular formula is C17H20N2O4S3. The van der Waals surface area contributed by atoms with Crippen molar-refractivity contribution in [1.82, 2.24) is 9.62 Å². The van der Waals surface area contributed by atoms with E-state index >= 15 is 0 Å². The lowest BCUT2D eigenvalue weighted by molar-refractivity contribution is -0.132. The van der Waals surface area contributed by atoms with Gasteiger partial charge >= 0.3 is 0 Å². The van der Waals surface area contributed by atoms with Crippen LogP contribution in [0.15, 0.2) is 39.2 Å². The van der Waals surface area contributed by atoms with Gasteiger partial charge < -0.3 is 4.90 Å². The Morgan fingerprint density at radius 2 is 1.77 bits per heavy atom. The number of nitrogens with one attached hydrogen (secondary N) is 1. The maximum absolute atomic E-state index is 12.3. The Labute approximate surface area is 160 Å². The van der Waals surface area contributed by atoms with E-state index in [0.29, 0.717) is 35.0 Å². The molecule has 0 atom stereocenters. The number of nitrogens with zero attached hydrogens (tertiary/aromatic N) is 1. The lowest BCUT2D eigenvalue weighted by atomic mass is 10.1. The zero-order chi connectivity index (χ0) is 18.6. The molecule has 140 valence electrons. The highest BCUT2D eigenvalue weighted by molar-refractivity contribution is 7.91. The lowest BCUT2D eigenvalue weighted by Gasteiger charge is -2.32. The molecule has 0 spiro atoms. The molecular weight excluding hydrogens is 392 g/mol. The predicted molar refractivity (Wildman–Crippen MR) is 102 cm³/mol. The van der Waals surface area contributed by atoms with Crippen molar-refractivity contribution < 1.29 is 18.0 Å². The number of Topliss-reactive ketones (excluding diaryl/α,β-unsaturated/α-hetero) is 1. The largest absolute Gasteiger partial charge is 0.343 e. The third kappa shape index (κ3) is 4.79. The number of amides is 1. The van der Waals surface area contributed by atoms with Gasteiger partial charge in [-0.2, -0.15) is 0 Å². The van der Waals surface area contributed by atoms with Crippen LogP contribution in [0.3, 0.4) is 0 Å². The molecule has 1 aliphatic heterocycles. The summed E-state index contributed by atoms with van der Waals surface area (Å²) in [5, 5.41) is 3.57. The molecule has 0 aromatic carbocycles. The summed E-state index contributed by atoms with van der Waals surface area (Å²) in [6, 6.07) is 6.71. The Morgan fingerprint density at radius 1 is 1.08 bits per heavy atom. The van der Waals surface area contributed by atoms with E-state index in [-0.39, 0.29) is 30.6 Å². The zero-order valence-electron chi connectivity index (χ0n) is 14.1. The number of sulfonamides is 1. The molecule has 9 heteroatoms. The summed E-state index contributed by atoms with van der Waals surface area (Å²) in [5.74, 6) is -0.0542. The molecule has 3 rings (SSSR count). The normalized spacial score (nSPS) is 15.9. The summed E-state index contributed by atoms with van der Waals surface area (Å²) in [5.41, 5.74) is 0. The van der Waals surface area contributed by atoms with E-state index in [1.54, 1.807) is 28.5 Å². The molecule has 0 bridgehead atoms. The van der Waals surface area contributed by atoms with Crippen LogP contribution in [0.4, 0.5) is 0 Å². The molecule has 1 N–H and O–H groups in total. The first-order chi connectivity index (χ1) is 12.5. The van der Waals surface area contributed by atoms with Crippen molar-refractivity contribution in [3.05, 3.63) is 39.9 Å². The molecule has 1 aliphatic rings. The van der Waals surface area contributed by atoms with Crippen molar-refractivity contribution in [3.8, 4) is 0 Å². The van der Waals surface area contributed by atoms with Gasteiger partial charge in [0.25, 0.3) is 0 Å². The Kier molecular flexibility index (Phi) is 6.23. The van der Waals surface area contributed by atoms with Crippen molar-refractivity contribution >= 4 is 44.4 Å². The van der Waals surface area contributed by atoms with Gasteiger partial charge in [0.15, 0.2) is 5.78 Å². The number of piperidine rings is 1. The van der Waals surface area contributed by atoms with E-state index < -0.39 is 10.0 Å². The average molecular weight is 413 g/mol. The van der Waals surface area contributed by atoms with Crippen LogP contribution in [-0.4, -0.2) is 44.1 Å². The minimum atomic E-state index is -3.48. The van der Waals surface area contributed by atoms with E-state index in [2.05, 4.69) is 4.72 Å². The van der Waals surface area contributed by atoms with E-state index in [9.17, 15) is 18.0 Å². The molecule has 6 nitrogen and oxygen atoms in total. The molecule has 1 saturated heterocycles. The minimum absolute atomic E-state index is 0.00746. The average Bonchev–Trinajstić information content (AvgIpc) is 3.33. The van der Waals surface area contributed by atoms with Crippen molar-refractivity contribution in [1.29, 1.82) is 0 Å². The van der Waals surface area contributed by atoms with Crippen molar-refractivity contribution in [3.63, 3.8) is 0 Å². The van der Waals surface area contributed by atoms with Crippen molar-refractivity contribution in [2.75, 3.05) is 13.1 Å². The highest BCUT2D eigenvalue weighted by Gasteiger charge is 2.27. The van der Waals surface area contributed by atoms with E-state index in [4.69, 9.17) is 0 Å². The second kappa shape index (κ2) is 8.43. The fourth-order valence-electron chi connectivity index (χ4n) is 2.88. The number of likely N-dealkylation sites (tertiary alicyclic amines) is 1. The van der Waals surface area contributed by atoms with Gasteiger partial charge in [-0.3, -0.25) is 9.59 Å². The number of rotatable bonds is 7. The minimum Gasteiger partial charge on any atom is -0.343 e. The van der Waals surface area contributed by atoms with Crippen LogP contribution in [0.2, 0.25) is 0 Å². The van der Waals surface area contributed by atoms with E-state index in [0.717, 1.165) is 0 Å². The molecule has 0 radical (unpaired) electrons. The van der Waals surface area contributed by atoms with Gasteiger partial charge in [0, 0.05) is 32.0 Å². The molecule has 3 heterocycles. The van der Waals surface area contributed by atoms with E-state index in [1.807, 2.05) is 11.4 Å². The molecule has 2 aromatic heterocycles. The summed E-state index contributed by atoms with van der Waals surface area (Å²) in [4.78, 5) is 26.7. The third-order valence-corrected chi connectivity index (χ3v) is 8.12. The monoisotopic (exact) mass is 412 g/mol. The molecule has 2 aromatic rings. The molecule has 0 aliphatic carbocycles. The second-order valence-electron chi connectivity index (χ2n) is 6.11. The smallest absolute Gasteiger partial charge is 0.250 e. The van der Waals surface area contributed by atoms with Gasteiger partial charge in [-0.25, -0.2) is 13.1 Å². The van der Waals surface area contributed by atoms with Crippen LogP contribution >= 0.6 is 22.7 Å². The number of carbonyl (C=O) groups excluding carboxylic acids is 2. The van der Waals surface area contributed by atoms with Gasteiger partial charge in [0.1, 0.15) is 4.21 Å². The Balaban J connectivity index is 1.44. The molecule has 0 saturated carbocycles. The predicted octanol–water partition coefficient (Wildman–Crippen LogP) is 2.74. The number of hydrogen-bond donors (Lipinski definition) is 1. The first-order valence-corrected chi connectivity index (χ1v) is 11.6. The maximum Gasteiger partial charge on any atom is 0.250 e. The first kappa shape index (κ1) is 19.2. The highest BCUT2D eigenvalue weighted by Crippen LogP contribution is 2.19. The summed E-state index contributed by atoms with van der Waals surface area (Å²) >= 11 is 2.57. The van der Waals surface area contributed by atoms with Gasteiger partial charge in [-0.15, -0.1) is 22.7 Å². The quantitative estimate of drug-likeness (QED) is 0.709. The Bertz CT molecular complexity index is 837. The molecule has 1 fully saturated rings. The molecule has 26 heavy (non-hydrogen) atoms. The summed E-state index contributed by atoms with van der Waals surface area (Å²) < 4.78 is 27.5. The molecule has 1 amide bonds. The van der Waals surface area contributed by atoms with Crippen molar-refractivity contribution in [2.45, 2.75) is 35.9 Å². The summed E-state index contributed by atoms with van der Waals surface area (Å²) in [6.45, 7) is 1.01.